The third kappa shape index (κ3) is 4.84. The number of carbonyl (C=O) groups is 1. The second-order valence-corrected chi connectivity index (χ2v) is 7.58. The Balaban J connectivity index is 1.43. The smallest absolute Gasteiger partial charge is 0.237 e. The number of aromatic nitrogens is 2. The number of hydrogen-bond donors (Lipinski definition) is 4. The number of aliphatic hydroxyl groups excluding tert-OH is 1. The van der Waals surface area contributed by atoms with E-state index in [1.807, 2.05) is 0 Å². The molecule has 8 nitrogen and oxygen atoms in total. The van der Waals surface area contributed by atoms with Crippen molar-refractivity contribution in [3.05, 3.63) is 53.6 Å². The standard InChI is InChI=1S/C22H25FN4O4/c23-16-9-13(10-17(24)22(29)27-15-4-7-30-8-5-15)1-2-18(16)31-19-3-6-25-21-20(19)14(12-28)11-26-21/h1-3,6,9,11,15,17,28H,4-5,7-8,10,12,24H2,(H,25,26)(H,27,29). The van der Waals surface area contributed by atoms with Gasteiger partial charge in [-0.1, -0.05) is 6.07 Å². The number of aliphatic hydroxyl groups is 1. The normalized spacial score (nSPS) is 15.7. The Morgan fingerprint density at radius 2 is 2.16 bits per heavy atom. The fraction of sp³-hybridized carbons (Fsp3) is 0.364. The molecule has 164 valence electrons. The van der Waals surface area contributed by atoms with Crippen molar-refractivity contribution in [2.45, 2.75) is 38.0 Å². The number of amides is 1. The van der Waals surface area contributed by atoms with Crippen LogP contribution in [0.2, 0.25) is 0 Å². The molecular formula is C22H25FN4O4. The molecule has 1 saturated heterocycles. The second kappa shape index (κ2) is 9.42. The fourth-order valence-corrected chi connectivity index (χ4v) is 3.67. The van der Waals surface area contributed by atoms with Crippen LogP contribution in [0.5, 0.6) is 11.5 Å². The minimum Gasteiger partial charge on any atom is -0.453 e. The highest BCUT2D eigenvalue weighted by Crippen LogP contribution is 2.32. The summed E-state index contributed by atoms with van der Waals surface area (Å²) >= 11 is 0. The van der Waals surface area contributed by atoms with Crippen LogP contribution in [0.15, 0.2) is 36.7 Å². The minimum absolute atomic E-state index is 0.0292. The molecule has 1 aliphatic heterocycles. The number of fused-ring (bicyclic) bond motifs is 1. The number of aromatic amines is 1. The van der Waals surface area contributed by atoms with Gasteiger partial charge in [0.05, 0.1) is 18.0 Å². The van der Waals surface area contributed by atoms with Crippen molar-refractivity contribution < 1.29 is 23.8 Å². The van der Waals surface area contributed by atoms with Crippen molar-refractivity contribution in [3.63, 3.8) is 0 Å². The molecular weight excluding hydrogens is 403 g/mol. The molecule has 2 aromatic heterocycles. The number of carbonyl (C=O) groups excluding carboxylic acids is 1. The van der Waals surface area contributed by atoms with Gasteiger partial charge in [-0.3, -0.25) is 4.79 Å². The van der Waals surface area contributed by atoms with E-state index < -0.39 is 11.9 Å². The summed E-state index contributed by atoms with van der Waals surface area (Å²) in [7, 11) is 0. The Morgan fingerprint density at radius 1 is 1.35 bits per heavy atom. The van der Waals surface area contributed by atoms with Crippen LogP contribution in [0.3, 0.4) is 0 Å². The van der Waals surface area contributed by atoms with Gasteiger partial charge in [0.15, 0.2) is 11.6 Å². The van der Waals surface area contributed by atoms with E-state index in [4.69, 9.17) is 15.2 Å². The van der Waals surface area contributed by atoms with Crippen LogP contribution in [0.1, 0.15) is 24.0 Å². The molecule has 1 aromatic carbocycles. The maximum atomic E-state index is 14.7. The van der Waals surface area contributed by atoms with Crippen molar-refractivity contribution >= 4 is 16.9 Å². The van der Waals surface area contributed by atoms with Gasteiger partial charge in [0.1, 0.15) is 11.4 Å². The highest BCUT2D eigenvalue weighted by atomic mass is 19.1. The number of benzene rings is 1. The summed E-state index contributed by atoms with van der Waals surface area (Å²) in [6.07, 6.45) is 4.91. The van der Waals surface area contributed by atoms with Gasteiger partial charge in [0, 0.05) is 37.2 Å². The van der Waals surface area contributed by atoms with Gasteiger partial charge in [-0.2, -0.15) is 0 Å². The van der Waals surface area contributed by atoms with Crippen LogP contribution >= 0.6 is 0 Å². The number of nitrogens with one attached hydrogen (secondary N) is 2. The molecule has 1 unspecified atom stereocenters. The Kier molecular flexibility index (Phi) is 6.45. The van der Waals surface area contributed by atoms with Gasteiger partial charge in [0.25, 0.3) is 0 Å². The zero-order valence-electron chi connectivity index (χ0n) is 16.9. The number of nitrogens with zero attached hydrogens (tertiary/aromatic N) is 1. The molecule has 1 fully saturated rings. The Labute approximate surface area is 178 Å². The van der Waals surface area contributed by atoms with E-state index in [-0.39, 0.29) is 30.7 Å². The molecule has 4 rings (SSSR count). The summed E-state index contributed by atoms with van der Waals surface area (Å²) in [6, 6.07) is 5.40. The molecule has 5 N–H and O–H groups in total. The van der Waals surface area contributed by atoms with E-state index in [0.29, 0.717) is 41.1 Å². The van der Waals surface area contributed by atoms with Gasteiger partial charge < -0.3 is 30.6 Å². The number of H-pyrrole nitrogens is 1. The fourth-order valence-electron chi connectivity index (χ4n) is 3.67. The Bertz CT molecular complexity index is 1060. The lowest BCUT2D eigenvalue weighted by Crippen LogP contribution is -2.48. The summed E-state index contributed by atoms with van der Waals surface area (Å²) in [6.45, 7) is 1.05. The van der Waals surface area contributed by atoms with Gasteiger partial charge in [-0.05, 0) is 43.0 Å². The zero-order chi connectivity index (χ0) is 21.8. The number of pyridine rings is 1. The highest BCUT2D eigenvalue weighted by molar-refractivity contribution is 5.86. The molecule has 3 heterocycles. The van der Waals surface area contributed by atoms with Crippen LogP contribution in [-0.2, 0) is 22.6 Å². The monoisotopic (exact) mass is 428 g/mol. The highest BCUT2D eigenvalue weighted by Gasteiger charge is 2.21. The zero-order valence-corrected chi connectivity index (χ0v) is 16.9. The third-order valence-electron chi connectivity index (χ3n) is 5.36. The topological polar surface area (TPSA) is 122 Å². The summed E-state index contributed by atoms with van der Waals surface area (Å²) in [4.78, 5) is 19.5. The predicted molar refractivity (Wildman–Crippen MR) is 112 cm³/mol. The Morgan fingerprint density at radius 3 is 2.90 bits per heavy atom. The van der Waals surface area contributed by atoms with Crippen LogP contribution < -0.4 is 15.8 Å². The average Bonchev–Trinajstić information content (AvgIpc) is 3.20. The molecule has 0 saturated carbocycles. The van der Waals surface area contributed by atoms with Crippen molar-refractivity contribution in [1.82, 2.24) is 15.3 Å². The van der Waals surface area contributed by atoms with E-state index >= 15 is 0 Å². The summed E-state index contributed by atoms with van der Waals surface area (Å²) < 4.78 is 25.8. The molecule has 0 aliphatic carbocycles. The molecule has 0 radical (unpaired) electrons. The number of hydrogen-bond acceptors (Lipinski definition) is 6. The first-order valence-corrected chi connectivity index (χ1v) is 10.2. The quantitative estimate of drug-likeness (QED) is 0.457. The van der Waals surface area contributed by atoms with Gasteiger partial charge >= 0.3 is 0 Å². The number of nitrogens with two attached hydrogens (primary N) is 1. The van der Waals surface area contributed by atoms with Crippen LogP contribution in [-0.4, -0.2) is 46.3 Å². The lowest BCUT2D eigenvalue weighted by molar-refractivity contribution is -0.123. The van der Waals surface area contributed by atoms with Crippen molar-refractivity contribution in [2.75, 3.05) is 13.2 Å². The molecule has 0 bridgehead atoms. The van der Waals surface area contributed by atoms with E-state index in [2.05, 4.69) is 15.3 Å². The van der Waals surface area contributed by atoms with Crippen molar-refractivity contribution in [1.29, 1.82) is 0 Å². The number of rotatable bonds is 7. The first kappa shape index (κ1) is 21.2. The third-order valence-corrected chi connectivity index (χ3v) is 5.36. The number of ether oxygens (including phenoxy) is 2. The van der Waals surface area contributed by atoms with Crippen LogP contribution in [0.4, 0.5) is 4.39 Å². The van der Waals surface area contributed by atoms with E-state index in [9.17, 15) is 14.3 Å². The predicted octanol–water partition coefficient (Wildman–Crippen LogP) is 2.15. The second-order valence-electron chi connectivity index (χ2n) is 7.58. The van der Waals surface area contributed by atoms with Crippen molar-refractivity contribution in [3.8, 4) is 11.5 Å². The van der Waals surface area contributed by atoms with Crippen LogP contribution in [0.25, 0.3) is 11.0 Å². The molecule has 1 amide bonds. The molecule has 31 heavy (non-hydrogen) atoms. The molecule has 1 atom stereocenters. The molecule has 3 aromatic rings. The number of halogens is 1. The molecule has 0 spiro atoms. The van der Waals surface area contributed by atoms with E-state index in [1.165, 1.54) is 18.3 Å². The Hall–Kier alpha value is -3.01. The maximum absolute atomic E-state index is 14.7. The SMILES string of the molecule is NC(Cc1ccc(Oc2ccnc3[nH]cc(CO)c23)c(F)c1)C(=O)NC1CCOCC1. The summed E-state index contributed by atoms with van der Waals surface area (Å²) in [5.74, 6) is -0.410. The lowest BCUT2D eigenvalue weighted by atomic mass is 10.0. The summed E-state index contributed by atoms with van der Waals surface area (Å²) in [5, 5.41) is 13.0. The molecule has 1 aliphatic rings. The maximum Gasteiger partial charge on any atom is 0.237 e. The average molecular weight is 428 g/mol. The minimum atomic E-state index is -0.777. The molecule has 9 heteroatoms. The largest absolute Gasteiger partial charge is 0.453 e. The van der Waals surface area contributed by atoms with E-state index in [0.717, 1.165) is 12.8 Å². The van der Waals surface area contributed by atoms with E-state index in [1.54, 1.807) is 18.3 Å². The van der Waals surface area contributed by atoms with Gasteiger partial charge in [0.2, 0.25) is 5.91 Å². The lowest BCUT2D eigenvalue weighted by Gasteiger charge is -2.24. The first-order valence-electron chi connectivity index (χ1n) is 10.2. The van der Waals surface area contributed by atoms with Gasteiger partial charge in [-0.15, -0.1) is 0 Å². The first-order chi connectivity index (χ1) is 15.0. The summed E-state index contributed by atoms with van der Waals surface area (Å²) in [5.41, 5.74) is 7.77. The van der Waals surface area contributed by atoms with Crippen molar-refractivity contribution in [2.24, 2.45) is 5.73 Å². The van der Waals surface area contributed by atoms with Gasteiger partial charge in [-0.25, -0.2) is 9.37 Å². The van der Waals surface area contributed by atoms with Crippen LogP contribution in [0, 0.1) is 5.82 Å².